The van der Waals surface area contributed by atoms with Crippen molar-refractivity contribution in [1.82, 2.24) is 60.2 Å². The Morgan fingerprint density at radius 3 is 1.33 bits per heavy atom. The van der Waals surface area contributed by atoms with Gasteiger partial charge in [-0.15, -0.1) is 20.4 Å². The van der Waals surface area contributed by atoms with Crippen LogP contribution in [-0.2, 0) is 40.4 Å². The Morgan fingerprint density at radius 2 is 0.942 bits per heavy atom. The number of likely N-dealkylation sites (tertiary alicyclic amines) is 2. The molecule has 20 nitrogen and oxygen atoms in total. The van der Waals surface area contributed by atoms with Crippen LogP contribution in [0.25, 0.3) is 0 Å². The first-order valence-electron chi connectivity index (χ1n) is 20.9. The van der Waals surface area contributed by atoms with Gasteiger partial charge in [-0.3, -0.25) is 14.5 Å². The Balaban J connectivity index is 0.000000263. The quantitative estimate of drug-likeness (QED) is 0.261. The van der Waals surface area contributed by atoms with Gasteiger partial charge in [0.05, 0.1) is 13.1 Å². The van der Waals surface area contributed by atoms with Gasteiger partial charge in [-0.05, 0) is 60.3 Å². The monoisotopic (exact) mass is 1020 g/mol. The molecule has 388 valence electrons. The zero-order chi connectivity index (χ0) is 51.7. The molecule has 2 aromatic heterocycles. The molecule has 4 aliphatic rings. The van der Waals surface area contributed by atoms with E-state index < -0.39 is 83.7 Å². The predicted molar refractivity (Wildman–Crippen MR) is 207 cm³/mol. The van der Waals surface area contributed by atoms with E-state index in [1.165, 1.54) is 4.90 Å². The number of rotatable bonds is 6. The zero-order valence-electron chi connectivity index (χ0n) is 37.4. The van der Waals surface area contributed by atoms with Gasteiger partial charge in [0, 0.05) is 63.4 Å². The Bertz CT molecular complexity index is 2160. The Labute approximate surface area is 383 Å². The van der Waals surface area contributed by atoms with Crippen LogP contribution in [0.3, 0.4) is 0 Å². The number of fused-ring (bicyclic) bond motifs is 2. The van der Waals surface area contributed by atoms with Crippen molar-refractivity contribution in [2.24, 2.45) is 0 Å². The highest BCUT2D eigenvalue weighted by atomic mass is 19.4. The molecule has 3 N–H and O–H groups in total. The Morgan fingerprint density at radius 1 is 0.551 bits per heavy atom. The van der Waals surface area contributed by atoms with Crippen LogP contribution < -0.4 is 16.0 Å². The largest absolute Gasteiger partial charge is 0.444 e. The minimum absolute atomic E-state index is 0.0231. The van der Waals surface area contributed by atoms with Gasteiger partial charge in [0.2, 0.25) is 11.6 Å². The van der Waals surface area contributed by atoms with Crippen molar-refractivity contribution in [1.29, 1.82) is 0 Å². The molecule has 0 spiro atoms. The van der Waals surface area contributed by atoms with Crippen LogP contribution in [0, 0.1) is 0 Å². The number of halogens is 12. The number of ether oxygens (including phenoxy) is 3. The van der Waals surface area contributed by atoms with Gasteiger partial charge in [0.1, 0.15) is 11.4 Å². The molecule has 2 fully saturated rings. The molecule has 4 aliphatic heterocycles. The molecular weight excluding hydrogens is 968 g/mol. The normalized spacial score (nSPS) is 18.6. The first kappa shape index (κ1) is 54.1. The summed E-state index contributed by atoms with van der Waals surface area (Å²) in [6, 6.07) is 0. The average molecular weight is 1020 g/mol. The van der Waals surface area contributed by atoms with Crippen molar-refractivity contribution >= 4 is 30.1 Å². The standard InChI is InChI=1S/C21H28F6N6O5.C16H20F6N6O3/c1-18(2,3)38-17(36)32-9-10-33-12(11-32)29-30-13(33)14(34)28-19(4)5-7-31(8-6-19)16(35)37-15(20(22,23)24)21(25,26)27;1-14(24-11(29)10-26-25-9-8-23-4-7-28(9)10)2-5-27(6-3-14)13(30)31-12(15(17,18)19)16(20,21)22/h15H,5-11H2,1-4H3,(H,28,34);12,23H,2-8H2,1H3,(H,24,29). The lowest BCUT2D eigenvalue weighted by Gasteiger charge is -2.39. The summed E-state index contributed by atoms with van der Waals surface area (Å²) in [5.74, 6) is -0.0692. The van der Waals surface area contributed by atoms with Crippen LogP contribution in [0.4, 0.5) is 67.1 Å². The van der Waals surface area contributed by atoms with E-state index in [2.05, 4.69) is 45.8 Å². The minimum Gasteiger partial charge on any atom is -0.444 e. The van der Waals surface area contributed by atoms with Gasteiger partial charge < -0.3 is 49.1 Å². The van der Waals surface area contributed by atoms with Gasteiger partial charge in [-0.1, -0.05) is 0 Å². The molecule has 0 aliphatic carbocycles. The Hall–Kier alpha value is -5.85. The second-order valence-corrected chi connectivity index (χ2v) is 18.0. The molecule has 2 aromatic rings. The molecule has 6 rings (SSSR count). The number of amides is 5. The summed E-state index contributed by atoms with van der Waals surface area (Å²) in [6.07, 6.45) is -35.4. The first-order chi connectivity index (χ1) is 31.6. The van der Waals surface area contributed by atoms with Crippen LogP contribution >= 0.6 is 0 Å². The topological polar surface area (TPSA) is 220 Å². The average Bonchev–Trinajstić information content (AvgIpc) is 3.85. The van der Waals surface area contributed by atoms with Crippen LogP contribution in [0.5, 0.6) is 0 Å². The Kier molecular flexibility index (Phi) is 15.6. The third-order valence-corrected chi connectivity index (χ3v) is 11.1. The van der Waals surface area contributed by atoms with Crippen molar-refractivity contribution < 1.29 is 90.9 Å². The maximum Gasteiger partial charge on any atom is 0.434 e. The van der Waals surface area contributed by atoms with Gasteiger partial charge in [0.15, 0.2) is 5.82 Å². The first-order valence-corrected chi connectivity index (χ1v) is 20.9. The van der Waals surface area contributed by atoms with Crippen molar-refractivity contribution in [3.63, 3.8) is 0 Å². The molecule has 0 unspecified atom stereocenters. The molecule has 0 saturated carbocycles. The molecule has 0 atom stereocenters. The number of carbonyl (C=O) groups is 5. The summed E-state index contributed by atoms with van der Waals surface area (Å²) < 4.78 is 168. The maximum atomic E-state index is 12.9. The predicted octanol–water partition coefficient (Wildman–Crippen LogP) is 4.84. The summed E-state index contributed by atoms with van der Waals surface area (Å²) >= 11 is 0. The number of alkyl halides is 12. The number of nitrogens with one attached hydrogen (secondary N) is 3. The maximum absolute atomic E-state index is 12.9. The fourth-order valence-corrected chi connectivity index (χ4v) is 7.33. The lowest BCUT2D eigenvalue weighted by molar-refractivity contribution is -0.309. The highest BCUT2D eigenvalue weighted by molar-refractivity contribution is 5.92. The number of hydrogen-bond donors (Lipinski definition) is 3. The van der Waals surface area contributed by atoms with Crippen molar-refractivity contribution in [2.45, 2.75) is 140 Å². The smallest absolute Gasteiger partial charge is 0.434 e. The van der Waals surface area contributed by atoms with E-state index in [1.807, 2.05) is 0 Å². The molecule has 5 amide bonds. The van der Waals surface area contributed by atoms with Gasteiger partial charge in [-0.2, -0.15) is 52.7 Å². The van der Waals surface area contributed by atoms with E-state index in [9.17, 15) is 76.7 Å². The van der Waals surface area contributed by atoms with Crippen molar-refractivity contribution in [3.05, 3.63) is 23.3 Å². The number of hydrogen-bond acceptors (Lipinski definition) is 13. The number of piperidine rings is 2. The SMILES string of the molecule is CC1(NC(=O)c2nnc3n2CCN(C(=O)OC(C)(C)C)C3)CCN(C(=O)OC(C(F)(F)F)C(F)(F)F)CC1.CC1(NC(=O)c2nnc3n2CCNC3)CCN(C(=O)OC(C(F)(F)F)C(F)(F)F)CC1. The zero-order valence-corrected chi connectivity index (χ0v) is 37.4. The van der Waals surface area contributed by atoms with Crippen LogP contribution in [0.1, 0.15) is 93.2 Å². The minimum atomic E-state index is -5.81. The fourth-order valence-electron chi connectivity index (χ4n) is 7.33. The fraction of sp³-hybridized carbons (Fsp3) is 0.757. The summed E-state index contributed by atoms with van der Waals surface area (Å²) in [4.78, 5) is 64.6. The van der Waals surface area contributed by atoms with Crippen LogP contribution in [0.15, 0.2) is 0 Å². The van der Waals surface area contributed by atoms with Gasteiger partial charge >= 0.3 is 43.0 Å². The van der Waals surface area contributed by atoms with Crippen molar-refractivity contribution in [2.75, 3.05) is 39.3 Å². The molecule has 2 saturated heterocycles. The second-order valence-electron chi connectivity index (χ2n) is 18.0. The molecular formula is C37H48F12N12O8. The third-order valence-electron chi connectivity index (χ3n) is 11.1. The van der Waals surface area contributed by atoms with Crippen LogP contribution in [0.2, 0.25) is 0 Å². The summed E-state index contributed by atoms with van der Waals surface area (Å²) in [7, 11) is 0. The van der Waals surface area contributed by atoms with Crippen molar-refractivity contribution in [3.8, 4) is 0 Å². The highest BCUT2D eigenvalue weighted by Gasteiger charge is 2.61. The second kappa shape index (κ2) is 19.9. The molecule has 0 bridgehead atoms. The molecule has 6 heterocycles. The summed E-state index contributed by atoms with van der Waals surface area (Å²) in [5, 5.41) is 24.3. The molecule has 0 radical (unpaired) electrons. The summed E-state index contributed by atoms with van der Waals surface area (Å²) in [5.41, 5.74) is -2.47. The lowest BCUT2D eigenvalue weighted by atomic mass is 9.89. The third kappa shape index (κ3) is 13.9. The molecule has 69 heavy (non-hydrogen) atoms. The van der Waals surface area contributed by atoms with Crippen LogP contribution in [-0.4, -0.2) is 167 Å². The number of aromatic nitrogens is 6. The number of nitrogens with zero attached hydrogens (tertiary/aromatic N) is 9. The highest BCUT2D eigenvalue weighted by Crippen LogP contribution is 2.38. The number of carbonyl (C=O) groups excluding carboxylic acids is 5. The van der Waals surface area contributed by atoms with E-state index in [-0.39, 0.29) is 83.1 Å². The van der Waals surface area contributed by atoms with E-state index in [1.54, 1.807) is 43.8 Å². The van der Waals surface area contributed by atoms with E-state index in [0.717, 1.165) is 9.80 Å². The van der Waals surface area contributed by atoms with E-state index in [4.69, 9.17) is 4.74 Å². The lowest BCUT2D eigenvalue weighted by Crippen LogP contribution is -2.56. The summed E-state index contributed by atoms with van der Waals surface area (Å²) in [6.45, 7) is 9.73. The molecule has 0 aromatic carbocycles. The van der Waals surface area contributed by atoms with E-state index >= 15 is 0 Å². The van der Waals surface area contributed by atoms with Gasteiger partial charge in [0.25, 0.3) is 24.0 Å². The van der Waals surface area contributed by atoms with Gasteiger partial charge in [-0.25, -0.2) is 14.4 Å². The van der Waals surface area contributed by atoms with E-state index in [0.29, 0.717) is 31.3 Å². The molecule has 32 heteroatoms.